The van der Waals surface area contributed by atoms with Gasteiger partial charge in [-0.1, -0.05) is 18.2 Å². The minimum absolute atomic E-state index is 0.267. The van der Waals surface area contributed by atoms with Crippen molar-refractivity contribution < 1.29 is 0 Å². The van der Waals surface area contributed by atoms with Gasteiger partial charge in [-0.3, -0.25) is 10.4 Å². The Morgan fingerprint density at radius 3 is 3.00 bits per heavy atom. The van der Waals surface area contributed by atoms with E-state index in [-0.39, 0.29) is 5.54 Å². The first-order valence-electron chi connectivity index (χ1n) is 7.42. The number of rotatable bonds is 6. The Labute approximate surface area is 123 Å². The van der Waals surface area contributed by atoms with E-state index < -0.39 is 0 Å². The summed E-state index contributed by atoms with van der Waals surface area (Å²) in [6.07, 6.45) is 6.88. The molecule has 0 aliphatic heterocycles. The van der Waals surface area contributed by atoms with Gasteiger partial charge in [-0.15, -0.1) is 5.10 Å². The summed E-state index contributed by atoms with van der Waals surface area (Å²) in [5.41, 5.74) is -0.267. The lowest BCUT2D eigenvalue weighted by molar-refractivity contribution is 0.308. The maximum Gasteiger partial charge on any atom is 0.208 e. The highest BCUT2D eigenvalue weighted by Gasteiger charge is 2.45. The lowest BCUT2D eigenvalue weighted by Crippen LogP contribution is -2.48. The molecule has 2 fully saturated rings. The van der Waals surface area contributed by atoms with Crippen LogP contribution < -0.4 is 5.32 Å². The van der Waals surface area contributed by atoms with Gasteiger partial charge in [0.2, 0.25) is 5.16 Å². The summed E-state index contributed by atoms with van der Waals surface area (Å²) in [5.74, 6) is 2.31. The average molecular weight is 291 g/mol. The molecule has 1 heterocycles. The second-order valence-electron chi connectivity index (χ2n) is 5.93. The Morgan fingerprint density at radius 2 is 2.35 bits per heavy atom. The van der Waals surface area contributed by atoms with Crippen LogP contribution in [0.5, 0.6) is 0 Å². The lowest BCUT2D eigenvalue weighted by Gasteiger charge is -2.30. The third kappa shape index (κ3) is 2.99. The molecule has 0 aromatic carbocycles. The summed E-state index contributed by atoms with van der Waals surface area (Å²) in [7, 11) is 0. The summed E-state index contributed by atoms with van der Waals surface area (Å²) in [4.78, 5) is 4.31. The molecular formula is C14H21N5S. The van der Waals surface area contributed by atoms with E-state index in [1.165, 1.54) is 25.7 Å². The number of thioether (sulfide) groups is 1. The minimum atomic E-state index is -0.267. The normalized spacial score (nSPS) is 29.5. The van der Waals surface area contributed by atoms with E-state index in [2.05, 4.69) is 26.6 Å². The van der Waals surface area contributed by atoms with Crippen LogP contribution in [0.25, 0.3) is 0 Å². The van der Waals surface area contributed by atoms with Crippen molar-refractivity contribution in [2.75, 3.05) is 5.75 Å². The Kier molecular flexibility index (Phi) is 3.99. The predicted octanol–water partition coefficient (Wildman–Crippen LogP) is 2.41. The van der Waals surface area contributed by atoms with Crippen molar-refractivity contribution in [1.29, 1.82) is 5.26 Å². The maximum absolute atomic E-state index is 9.63. The Balaban J connectivity index is 1.54. The molecule has 2 N–H and O–H groups in total. The Bertz CT molecular complexity index is 504. The summed E-state index contributed by atoms with van der Waals surface area (Å²) in [5, 5.41) is 21.1. The van der Waals surface area contributed by atoms with E-state index in [1.807, 2.05) is 6.92 Å². The van der Waals surface area contributed by atoms with E-state index in [4.69, 9.17) is 0 Å². The number of nitrogens with one attached hydrogen (secondary N) is 2. The largest absolute Gasteiger partial charge is 0.296 e. The quantitative estimate of drug-likeness (QED) is 0.787. The van der Waals surface area contributed by atoms with Crippen molar-refractivity contribution in [2.45, 2.75) is 62.2 Å². The molecular weight excluding hydrogens is 270 g/mol. The van der Waals surface area contributed by atoms with Gasteiger partial charge in [0.15, 0.2) is 0 Å². The van der Waals surface area contributed by atoms with E-state index in [9.17, 15) is 5.26 Å². The molecule has 0 spiro atoms. The first-order chi connectivity index (χ1) is 9.72. The summed E-state index contributed by atoms with van der Waals surface area (Å²) in [6.45, 7) is 1.91. The average Bonchev–Trinajstić information content (AvgIpc) is 3.01. The first-order valence-corrected chi connectivity index (χ1v) is 8.41. The van der Waals surface area contributed by atoms with Crippen LogP contribution in [-0.4, -0.2) is 32.5 Å². The van der Waals surface area contributed by atoms with E-state index in [1.54, 1.807) is 11.8 Å². The number of nitriles is 1. The molecule has 108 valence electrons. The molecule has 6 heteroatoms. The fourth-order valence-electron chi connectivity index (χ4n) is 3.11. The fourth-order valence-corrected chi connectivity index (χ4v) is 4.01. The van der Waals surface area contributed by atoms with Crippen LogP contribution in [-0.2, 0) is 0 Å². The van der Waals surface area contributed by atoms with E-state index in [0.29, 0.717) is 12.0 Å². The number of aryl methyl sites for hydroxylation is 1. The highest BCUT2D eigenvalue weighted by atomic mass is 32.2. The van der Waals surface area contributed by atoms with E-state index >= 15 is 0 Å². The van der Waals surface area contributed by atoms with Crippen molar-refractivity contribution in [2.24, 2.45) is 5.92 Å². The number of aromatic nitrogens is 3. The van der Waals surface area contributed by atoms with Crippen LogP contribution in [0, 0.1) is 24.2 Å². The van der Waals surface area contributed by atoms with Crippen LogP contribution >= 0.6 is 11.8 Å². The summed E-state index contributed by atoms with van der Waals surface area (Å²) < 4.78 is 0. The van der Waals surface area contributed by atoms with Crippen molar-refractivity contribution in [1.82, 2.24) is 20.5 Å². The van der Waals surface area contributed by atoms with Crippen molar-refractivity contribution in [3.63, 3.8) is 0 Å². The predicted molar refractivity (Wildman–Crippen MR) is 78.3 cm³/mol. The van der Waals surface area contributed by atoms with Gasteiger partial charge in [0.05, 0.1) is 6.07 Å². The molecule has 3 rings (SSSR count). The number of nitrogens with zero attached hydrogens (tertiary/aromatic N) is 3. The summed E-state index contributed by atoms with van der Waals surface area (Å²) >= 11 is 1.68. The Morgan fingerprint density at radius 1 is 1.50 bits per heavy atom. The maximum atomic E-state index is 9.63. The van der Waals surface area contributed by atoms with Gasteiger partial charge in [-0.25, -0.2) is 4.98 Å². The SMILES string of the molecule is Cc1nc(SCCC2CCCC2(C#N)NC2CC2)n[nH]1. The van der Waals surface area contributed by atoms with Gasteiger partial charge >= 0.3 is 0 Å². The number of hydrogen-bond acceptors (Lipinski definition) is 5. The van der Waals surface area contributed by atoms with Gasteiger partial charge in [0, 0.05) is 11.8 Å². The zero-order valence-electron chi connectivity index (χ0n) is 11.9. The summed E-state index contributed by atoms with van der Waals surface area (Å²) in [6, 6.07) is 3.19. The van der Waals surface area contributed by atoms with Crippen molar-refractivity contribution >= 4 is 11.8 Å². The van der Waals surface area contributed by atoms with Crippen molar-refractivity contribution in [3.05, 3.63) is 5.82 Å². The van der Waals surface area contributed by atoms with E-state index in [0.717, 1.165) is 29.6 Å². The molecule has 0 bridgehead atoms. The third-order valence-corrected chi connectivity index (χ3v) is 5.21. The number of aromatic amines is 1. The zero-order valence-corrected chi connectivity index (χ0v) is 12.7. The second kappa shape index (κ2) is 5.74. The fraction of sp³-hybridized carbons (Fsp3) is 0.786. The van der Waals surface area contributed by atoms with Crippen LogP contribution in [0.3, 0.4) is 0 Å². The highest BCUT2D eigenvalue weighted by molar-refractivity contribution is 7.99. The zero-order chi connectivity index (χ0) is 14.0. The van der Waals surface area contributed by atoms with Gasteiger partial charge in [0.25, 0.3) is 0 Å². The minimum Gasteiger partial charge on any atom is -0.296 e. The molecule has 2 saturated carbocycles. The molecule has 2 unspecified atom stereocenters. The molecule has 2 aliphatic rings. The molecule has 1 aromatic heterocycles. The third-order valence-electron chi connectivity index (χ3n) is 4.33. The monoisotopic (exact) mass is 291 g/mol. The highest BCUT2D eigenvalue weighted by Crippen LogP contribution is 2.40. The molecule has 0 amide bonds. The molecule has 1 aromatic rings. The molecule has 2 atom stereocenters. The van der Waals surface area contributed by atoms with Crippen LogP contribution in [0.2, 0.25) is 0 Å². The second-order valence-corrected chi connectivity index (χ2v) is 6.99. The molecule has 0 radical (unpaired) electrons. The standard InChI is InChI=1S/C14H21N5S/c1-10-16-13(19-18-10)20-8-6-11-3-2-7-14(11,9-15)17-12-4-5-12/h11-12,17H,2-8H2,1H3,(H,16,18,19). The topological polar surface area (TPSA) is 77.4 Å². The lowest BCUT2D eigenvalue weighted by atomic mass is 9.86. The van der Waals surface area contributed by atoms with Gasteiger partial charge < -0.3 is 0 Å². The smallest absolute Gasteiger partial charge is 0.208 e. The number of H-pyrrole nitrogens is 1. The number of hydrogen-bond donors (Lipinski definition) is 2. The van der Waals surface area contributed by atoms with Gasteiger partial charge in [-0.05, 0) is 44.9 Å². The van der Waals surface area contributed by atoms with Crippen LogP contribution in [0.15, 0.2) is 5.16 Å². The molecule has 20 heavy (non-hydrogen) atoms. The van der Waals surface area contributed by atoms with Crippen LogP contribution in [0.1, 0.15) is 44.3 Å². The first kappa shape index (κ1) is 13.9. The molecule has 5 nitrogen and oxygen atoms in total. The van der Waals surface area contributed by atoms with Gasteiger partial charge in [0.1, 0.15) is 11.4 Å². The molecule has 0 saturated heterocycles. The Hall–Kier alpha value is -1.06. The van der Waals surface area contributed by atoms with Crippen molar-refractivity contribution in [3.8, 4) is 6.07 Å². The van der Waals surface area contributed by atoms with Crippen LogP contribution in [0.4, 0.5) is 0 Å². The molecule has 2 aliphatic carbocycles. The van der Waals surface area contributed by atoms with Gasteiger partial charge in [-0.2, -0.15) is 5.26 Å².